The summed E-state index contributed by atoms with van der Waals surface area (Å²) >= 11 is 6.28. The Hall–Kier alpha value is -3.52. The summed E-state index contributed by atoms with van der Waals surface area (Å²) in [6.07, 6.45) is 2.94. The van der Waals surface area contributed by atoms with Crippen LogP contribution in [-0.2, 0) is 37.4 Å². The Kier molecular flexibility index (Phi) is 8.23. The van der Waals surface area contributed by atoms with Gasteiger partial charge in [-0.3, -0.25) is 14.6 Å². The molecule has 1 N–H and O–H groups in total. The van der Waals surface area contributed by atoms with Gasteiger partial charge in [0.2, 0.25) is 17.6 Å². The van der Waals surface area contributed by atoms with Crippen LogP contribution in [-0.4, -0.2) is 45.5 Å². The van der Waals surface area contributed by atoms with Crippen molar-refractivity contribution in [3.05, 3.63) is 106 Å². The third-order valence-electron chi connectivity index (χ3n) is 7.89. The first-order chi connectivity index (χ1) is 19.6. The third-order valence-corrected chi connectivity index (χ3v) is 8.22. The van der Waals surface area contributed by atoms with Crippen LogP contribution in [0.1, 0.15) is 41.0 Å². The molecule has 4 aromatic rings. The maximum atomic E-state index is 13.1. The summed E-state index contributed by atoms with van der Waals surface area (Å²) in [5, 5.41) is 7.88. The fourth-order valence-electron chi connectivity index (χ4n) is 5.79. The van der Waals surface area contributed by atoms with Crippen molar-refractivity contribution in [1.29, 1.82) is 0 Å². The van der Waals surface area contributed by atoms with Crippen LogP contribution in [0.4, 0.5) is 0 Å². The summed E-state index contributed by atoms with van der Waals surface area (Å²) in [4.78, 5) is 22.4. The van der Waals surface area contributed by atoms with Crippen LogP contribution >= 0.6 is 11.6 Å². The van der Waals surface area contributed by atoms with E-state index in [4.69, 9.17) is 16.1 Å². The Labute approximate surface area is 240 Å². The molecule has 3 heterocycles. The normalized spacial score (nSPS) is 17.9. The predicted molar refractivity (Wildman–Crippen MR) is 155 cm³/mol. The smallest absolute Gasteiger partial charge is 0.241 e. The fraction of sp³-hybridized carbons (Fsp3) is 0.344. The Morgan fingerprint density at radius 2 is 1.77 bits per heavy atom. The van der Waals surface area contributed by atoms with Gasteiger partial charge in [0.15, 0.2) is 0 Å². The number of nitrogens with one attached hydrogen (secondary N) is 1. The van der Waals surface area contributed by atoms with E-state index in [-0.39, 0.29) is 11.8 Å². The van der Waals surface area contributed by atoms with Gasteiger partial charge in [-0.2, -0.15) is 4.98 Å². The average molecular weight is 556 g/mol. The summed E-state index contributed by atoms with van der Waals surface area (Å²) in [6, 6.07) is 24.8. The second kappa shape index (κ2) is 12.3. The lowest BCUT2D eigenvalue weighted by Crippen LogP contribution is -2.42. The van der Waals surface area contributed by atoms with E-state index in [1.165, 1.54) is 16.7 Å². The summed E-state index contributed by atoms with van der Waals surface area (Å²) in [7, 11) is 0. The molecule has 2 aliphatic rings. The van der Waals surface area contributed by atoms with E-state index in [1.54, 1.807) is 0 Å². The fourth-order valence-corrected chi connectivity index (χ4v) is 6.01. The molecule has 0 bridgehead atoms. The largest absolute Gasteiger partial charge is 0.352 e. The molecule has 1 atom stereocenters. The maximum absolute atomic E-state index is 13.1. The monoisotopic (exact) mass is 555 g/mol. The molecule has 7 nitrogen and oxygen atoms in total. The summed E-state index contributed by atoms with van der Waals surface area (Å²) < 4.78 is 5.50. The van der Waals surface area contributed by atoms with Crippen LogP contribution < -0.4 is 5.32 Å². The van der Waals surface area contributed by atoms with Gasteiger partial charge in [0.1, 0.15) is 0 Å². The van der Waals surface area contributed by atoms with Crippen molar-refractivity contribution in [2.24, 2.45) is 5.92 Å². The molecule has 0 radical (unpaired) electrons. The second-order valence-electron chi connectivity index (χ2n) is 10.8. The zero-order valence-corrected chi connectivity index (χ0v) is 23.3. The standard InChI is InChI=1S/C32H34ClN5O2/c33-29-13-4-3-12-28(29)31-35-30(40-36-31)22-37-15-6-11-27(21-37)32(39)34-18-23-7-5-8-24(17-23)19-38-16-14-25-9-1-2-10-26(25)20-38/h1-5,7-10,12-13,17,27H,6,11,14-16,18-22H2,(H,34,39). The van der Waals surface area contributed by atoms with E-state index in [0.29, 0.717) is 36.4 Å². The van der Waals surface area contributed by atoms with Crippen LogP contribution in [0.25, 0.3) is 11.4 Å². The molecule has 2 aliphatic heterocycles. The van der Waals surface area contributed by atoms with Crippen molar-refractivity contribution in [1.82, 2.24) is 25.3 Å². The summed E-state index contributed by atoms with van der Waals surface area (Å²) in [5.41, 5.74) is 6.06. The lowest BCUT2D eigenvalue weighted by Gasteiger charge is -2.31. The first-order valence-electron chi connectivity index (χ1n) is 14.1. The molecule has 0 spiro atoms. The SMILES string of the molecule is O=C(NCc1cccc(CN2CCc3ccccc3C2)c1)C1CCCN(Cc2nc(-c3ccccc3Cl)no2)C1. The number of hydrogen-bond acceptors (Lipinski definition) is 6. The van der Waals surface area contributed by atoms with Gasteiger partial charge in [-0.25, -0.2) is 0 Å². The van der Waals surface area contributed by atoms with Crippen molar-refractivity contribution in [2.45, 2.75) is 45.4 Å². The van der Waals surface area contributed by atoms with Gasteiger partial charge >= 0.3 is 0 Å². The van der Waals surface area contributed by atoms with Gasteiger partial charge in [-0.15, -0.1) is 0 Å². The Bertz CT molecular complexity index is 1470. The van der Waals surface area contributed by atoms with Crippen LogP contribution in [0.15, 0.2) is 77.3 Å². The number of hydrogen-bond donors (Lipinski definition) is 1. The minimum atomic E-state index is -0.0590. The number of aromatic nitrogens is 2. The van der Waals surface area contributed by atoms with Gasteiger partial charge < -0.3 is 9.84 Å². The number of nitrogens with zero attached hydrogens (tertiary/aromatic N) is 4. The summed E-state index contributed by atoms with van der Waals surface area (Å²) in [5.74, 6) is 1.06. The third kappa shape index (κ3) is 6.44. The topological polar surface area (TPSA) is 74.5 Å². The molecular weight excluding hydrogens is 522 g/mol. The van der Waals surface area contributed by atoms with Crippen LogP contribution in [0.2, 0.25) is 5.02 Å². The number of likely N-dealkylation sites (tertiary alicyclic amines) is 1. The van der Waals surface area contributed by atoms with Gasteiger partial charge in [-0.05, 0) is 60.2 Å². The molecule has 8 heteroatoms. The number of carbonyl (C=O) groups is 1. The Balaban J connectivity index is 0.999. The van der Waals surface area contributed by atoms with Gasteiger partial charge in [0.05, 0.1) is 17.5 Å². The highest BCUT2D eigenvalue weighted by Crippen LogP contribution is 2.26. The molecular formula is C32H34ClN5O2. The maximum Gasteiger partial charge on any atom is 0.241 e. The minimum Gasteiger partial charge on any atom is -0.352 e. The molecule has 1 unspecified atom stereocenters. The van der Waals surface area contributed by atoms with Crippen molar-refractivity contribution in [3.63, 3.8) is 0 Å². The number of rotatable bonds is 8. The lowest BCUT2D eigenvalue weighted by molar-refractivity contribution is -0.127. The van der Waals surface area contributed by atoms with E-state index in [9.17, 15) is 4.79 Å². The number of amides is 1. The lowest BCUT2D eigenvalue weighted by atomic mass is 9.97. The van der Waals surface area contributed by atoms with Gasteiger partial charge in [0.25, 0.3) is 0 Å². The Morgan fingerprint density at radius 3 is 2.67 bits per heavy atom. The number of benzene rings is 3. The number of fused-ring (bicyclic) bond motifs is 1. The second-order valence-corrected chi connectivity index (χ2v) is 11.2. The van der Waals surface area contributed by atoms with E-state index >= 15 is 0 Å². The van der Waals surface area contributed by atoms with Crippen molar-refractivity contribution in [2.75, 3.05) is 19.6 Å². The zero-order chi connectivity index (χ0) is 27.3. The van der Waals surface area contributed by atoms with Crippen LogP contribution in [0, 0.1) is 5.92 Å². The molecule has 206 valence electrons. The molecule has 0 aliphatic carbocycles. The number of carbonyl (C=O) groups excluding carboxylic acids is 1. The Morgan fingerprint density at radius 1 is 0.950 bits per heavy atom. The molecule has 3 aromatic carbocycles. The zero-order valence-electron chi connectivity index (χ0n) is 22.6. The van der Waals surface area contributed by atoms with Crippen molar-refractivity contribution >= 4 is 17.5 Å². The van der Waals surface area contributed by atoms with Gasteiger partial charge in [-0.1, -0.05) is 77.4 Å². The van der Waals surface area contributed by atoms with E-state index in [2.05, 4.69) is 73.8 Å². The molecule has 1 saturated heterocycles. The molecule has 40 heavy (non-hydrogen) atoms. The van der Waals surface area contributed by atoms with E-state index in [1.807, 2.05) is 24.3 Å². The van der Waals surface area contributed by atoms with Gasteiger partial charge in [0, 0.05) is 38.3 Å². The molecule has 6 rings (SSSR count). The van der Waals surface area contributed by atoms with Crippen molar-refractivity contribution in [3.8, 4) is 11.4 Å². The highest BCUT2D eigenvalue weighted by molar-refractivity contribution is 6.33. The van der Waals surface area contributed by atoms with Crippen LogP contribution in [0.3, 0.4) is 0 Å². The first-order valence-corrected chi connectivity index (χ1v) is 14.4. The summed E-state index contributed by atoms with van der Waals surface area (Å²) in [6.45, 7) is 5.60. The molecule has 1 aromatic heterocycles. The van der Waals surface area contributed by atoms with Crippen molar-refractivity contribution < 1.29 is 9.32 Å². The first kappa shape index (κ1) is 26.7. The molecule has 1 amide bonds. The predicted octanol–water partition coefficient (Wildman–Crippen LogP) is 5.48. The molecule has 1 fully saturated rings. The van der Waals surface area contributed by atoms with E-state index < -0.39 is 0 Å². The molecule has 0 saturated carbocycles. The highest BCUT2D eigenvalue weighted by Gasteiger charge is 2.27. The van der Waals surface area contributed by atoms with Crippen LogP contribution in [0.5, 0.6) is 0 Å². The number of halogens is 1. The minimum absolute atomic E-state index is 0.0590. The average Bonchev–Trinajstić information content (AvgIpc) is 3.44. The van der Waals surface area contributed by atoms with E-state index in [0.717, 1.165) is 56.6 Å². The quantitative estimate of drug-likeness (QED) is 0.310. The number of piperidine rings is 1. The highest BCUT2D eigenvalue weighted by atomic mass is 35.5.